The first-order valence-corrected chi connectivity index (χ1v) is 14.9. The van der Waals surface area contributed by atoms with Gasteiger partial charge in [0.2, 0.25) is 5.91 Å². The minimum atomic E-state index is 0.00412. The molecule has 0 saturated heterocycles. The zero-order valence-electron chi connectivity index (χ0n) is 22.7. The van der Waals surface area contributed by atoms with Gasteiger partial charge in [0.15, 0.2) is 0 Å². The maximum Gasteiger partial charge on any atom is 0.224 e. The highest BCUT2D eigenvalue weighted by Crippen LogP contribution is 2.29. The first kappa shape index (κ1) is 30.2. The summed E-state index contributed by atoms with van der Waals surface area (Å²) in [5.41, 5.74) is 3.01. The Morgan fingerprint density at radius 3 is 2.08 bits per heavy atom. The molecule has 2 rings (SSSR count). The number of rotatable bonds is 19. The molecule has 0 bridgehead atoms. The molecule has 2 aromatic rings. The number of nitrogens with zero attached hydrogens (tertiary/aromatic N) is 1. The van der Waals surface area contributed by atoms with Gasteiger partial charge in [0, 0.05) is 29.6 Å². The average molecular weight is 561 g/mol. The number of halogens is 1. The van der Waals surface area contributed by atoms with Gasteiger partial charge in [-0.2, -0.15) is 0 Å². The Bertz CT molecular complexity index is 886. The fourth-order valence-electron chi connectivity index (χ4n) is 4.41. The fraction of sp³-hybridized carbons (Fsp3) is 0.581. The molecule has 4 nitrogen and oxygen atoms in total. The molecular weight excluding hydrogens is 514 g/mol. The number of carbonyl (C=O) groups excluding carboxylic acids is 1. The second-order valence-electron chi connectivity index (χ2n) is 9.62. The number of benzene rings is 2. The summed E-state index contributed by atoms with van der Waals surface area (Å²) in [6, 6.07) is 13.9. The van der Waals surface area contributed by atoms with Crippen LogP contribution >= 0.6 is 15.9 Å². The number of unbranched alkanes of at least 4 members (excludes halogenated alkanes) is 11. The number of carbonyl (C=O) groups is 1. The molecule has 0 saturated carbocycles. The Kier molecular flexibility index (Phi) is 15.3. The maximum absolute atomic E-state index is 12.5. The molecule has 0 aliphatic heterocycles. The largest absolute Gasteiger partial charge is 0.497 e. The van der Waals surface area contributed by atoms with Gasteiger partial charge in [0.1, 0.15) is 11.5 Å². The Morgan fingerprint density at radius 2 is 1.50 bits per heavy atom. The van der Waals surface area contributed by atoms with Crippen molar-refractivity contribution in [2.24, 2.45) is 0 Å². The normalized spacial score (nSPS) is 10.9. The van der Waals surface area contributed by atoms with E-state index in [2.05, 4.69) is 22.9 Å². The molecule has 0 aliphatic rings. The molecule has 0 atom stereocenters. The quantitative estimate of drug-likeness (QED) is 0.127. The van der Waals surface area contributed by atoms with Crippen molar-refractivity contribution in [3.63, 3.8) is 0 Å². The lowest BCUT2D eigenvalue weighted by molar-refractivity contribution is -0.116. The molecule has 0 aromatic heterocycles. The van der Waals surface area contributed by atoms with Crippen LogP contribution in [0.5, 0.6) is 11.5 Å². The number of amides is 1. The van der Waals surface area contributed by atoms with Crippen LogP contribution in [0, 0.1) is 0 Å². The third-order valence-corrected chi connectivity index (χ3v) is 7.26. The lowest BCUT2D eigenvalue weighted by atomic mass is 10.1. The minimum Gasteiger partial charge on any atom is -0.497 e. The molecule has 0 unspecified atom stereocenters. The smallest absolute Gasteiger partial charge is 0.224 e. The van der Waals surface area contributed by atoms with Crippen LogP contribution in [0.4, 0.5) is 5.69 Å². The van der Waals surface area contributed by atoms with Crippen LogP contribution in [0.3, 0.4) is 0 Å². The number of alkyl halides is 1. The van der Waals surface area contributed by atoms with E-state index in [0.29, 0.717) is 13.2 Å². The van der Waals surface area contributed by atoms with Gasteiger partial charge in [-0.3, -0.25) is 4.79 Å². The molecule has 1 amide bonds. The van der Waals surface area contributed by atoms with Gasteiger partial charge in [-0.05, 0) is 36.2 Å². The summed E-state index contributed by atoms with van der Waals surface area (Å²) in [6.07, 6.45) is 15.9. The van der Waals surface area contributed by atoms with Crippen molar-refractivity contribution in [3.8, 4) is 11.5 Å². The van der Waals surface area contributed by atoms with Crippen molar-refractivity contribution >= 4 is 27.5 Å². The lowest BCUT2D eigenvalue weighted by Crippen LogP contribution is -2.28. The van der Waals surface area contributed by atoms with Gasteiger partial charge in [-0.25, -0.2) is 0 Å². The van der Waals surface area contributed by atoms with Crippen LogP contribution in [-0.2, 0) is 16.7 Å². The molecule has 36 heavy (non-hydrogen) atoms. The molecule has 0 radical (unpaired) electrons. The summed E-state index contributed by atoms with van der Waals surface area (Å²) in [5.74, 6) is 1.56. The van der Waals surface area contributed by atoms with Crippen LogP contribution in [0.2, 0.25) is 0 Å². The van der Waals surface area contributed by atoms with Gasteiger partial charge in [-0.1, -0.05) is 106 Å². The maximum atomic E-state index is 12.5. The third-order valence-electron chi connectivity index (χ3n) is 6.61. The van der Waals surface area contributed by atoms with Crippen molar-refractivity contribution in [2.45, 2.75) is 103 Å². The second kappa shape index (κ2) is 18.3. The molecular formula is C31H46BrNO3. The monoisotopic (exact) mass is 559 g/mol. The zero-order valence-corrected chi connectivity index (χ0v) is 24.3. The van der Waals surface area contributed by atoms with E-state index < -0.39 is 0 Å². The van der Waals surface area contributed by atoms with E-state index in [1.165, 1.54) is 70.6 Å². The molecule has 0 aliphatic carbocycles. The number of anilines is 1. The van der Waals surface area contributed by atoms with E-state index in [9.17, 15) is 4.79 Å². The number of methoxy groups -OCH3 is 1. The van der Waals surface area contributed by atoms with Crippen LogP contribution in [0.1, 0.15) is 102 Å². The third kappa shape index (κ3) is 11.4. The van der Waals surface area contributed by atoms with Gasteiger partial charge in [0.25, 0.3) is 0 Å². The van der Waals surface area contributed by atoms with Gasteiger partial charge < -0.3 is 14.4 Å². The van der Waals surface area contributed by atoms with Crippen molar-refractivity contribution < 1.29 is 14.3 Å². The minimum absolute atomic E-state index is 0.00412. The Labute approximate surface area is 227 Å². The molecule has 0 fully saturated rings. The van der Waals surface area contributed by atoms with Crippen LogP contribution in [0.15, 0.2) is 42.5 Å². The predicted molar refractivity (Wildman–Crippen MR) is 156 cm³/mol. The van der Waals surface area contributed by atoms with Crippen molar-refractivity contribution in [3.05, 3.63) is 53.6 Å². The second-order valence-corrected chi connectivity index (χ2v) is 10.2. The highest BCUT2D eigenvalue weighted by Gasteiger charge is 2.16. The molecule has 5 heteroatoms. The lowest BCUT2D eigenvalue weighted by Gasteiger charge is -2.23. The van der Waals surface area contributed by atoms with E-state index in [4.69, 9.17) is 9.47 Å². The topological polar surface area (TPSA) is 38.8 Å². The molecule has 0 N–H and O–H groups in total. The standard InChI is InChI=1S/C31H46BrNO3/c1-4-5-6-7-8-9-10-11-12-13-14-15-21-36-31-23-30(35-3)20-19-28(31)25-33(26(2)34)29-18-16-17-27(22-29)24-32/h16-20,22-23H,4-15,21,24-25H2,1-3H3. The van der Waals surface area contributed by atoms with Crippen molar-refractivity contribution in [1.29, 1.82) is 0 Å². The van der Waals surface area contributed by atoms with Crippen molar-refractivity contribution in [2.75, 3.05) is 18.6 Å². The molecule has 0 spiro atoms. The van der Waals surface area contributed by atoms with Crippen molar-refractivity contribution in [1.82, 2.24) is 0 Å². The first-order chi connectivity index (χ1) is 17.6. The van der Waals surface area contributed by atoms with Gasteiger partial charge >= 0.3 is 0 Å². The number of hydrogen-bond acceptors (Lipinski definition) is 3. The highest BCUT2D eigenvalue weighted by molar-refractivity contribution is 9.08. The Hall–Kier alpha value is -2.01. The van der Waals surface area contributed by atoms with E-state index in [-0.39, 0.29) is 5.91 Å². The number of ether oxygens (including phenoxy) is 2. The van der Waals surface area contributed by atoms with E-state index in [1.54, 1.807) is 18.9 Å². The summed E-state index contributed by atoms with van der Waals surface area (Å²) >= 11 is 3.51. The SMILES string of the molecule is CCCCCCCCCCCCCCOc1cc(OC)ccc1CN(C(C)=O)c1cccc(CBr)c1. The van der Waals surface area contributed by atoms with E-state index in [1.807, 2.05) is 42.5 Å². The van der Waals surface area contributed by atoms with E-state index >= 15 is 0 Å². The summed E-state index contributed by atoms with van der Waals surface area (Å²) in [7, 11) is 1.66. The van der Waals surface area contributed by atoms with Crippen LogP contribution in [0.25, 0.3) is 0 Å². The first-order valence-electron chi connectivity index (χ1n) is 13.8. The number of hydrogen-bond donors (Lipinski definition) is 0. The fourth-order valence-corrected chi connectivity index (χ4v) is 4.76. The van der Waals surface area contributed by atoms with Crippen LogP contribution in [-0.4, -0.2) is 19.6 Å². The zero-order chi connectivity index (χ0) is 26.0. The Morgan fingerprint density at radius 1 is 0.861 bits per heavy atom. The average Bonchev–Trinajstić information content (AvgIpc) is 2.90. The molecule has 0 heterocycles. The van der Waals surface area contributed by atoms with E-state index in [0.717, 1.165) is 40.1 Å². The molecule has 200 valence electrons. The van der Waals surface area contributed by atoms with Gasteiger partial charge in [-0.15, -0.1) is 0 Å². The van der Waals surface area contributed by atoms with Gasteiger partial charge in [0.05, 0.1) is 20.3 Å². The highest BCUT2D eigenvalue weighted by atomic mass is 79.9. The summed E-state index contributed by atoms with van der Waals surface area (Å²) in [5, 5.41) is 0.753. The summed E-state index contributed by atoms with van der Waals surface area (Å²) < 4.78 is 11.6. The predicted octanol–water partition coefficient (Wildman–Crippen LogP) is 9.22. The summed E-state index contributed by atoms with van der Waals surface area (Å²) in [4.78, 5) is 14.3. The Balaban J connectivity index is 1.81. The van der Waals surface area contributed by atoms with Crippen LogP contribution < -0.4 is 14.4 Å². The summed E-state index contributed by atoms with van der Waals surface area (Å²) in [6.45, 7) is 5.02. The molecule has 2 aromatic carbocycles.